The van der Waals surface area contributed by atoms with E-state index in [0.717, 1.165) is 24.8 Å². The normalized spacial score (nSPS) is 17.0. The average molecular weight is 367 g/mol. The van der Waals surface area contributed by atoms with Gasteiger partial charge in [-0.05, 0) is 37.0 Å². The number of nitrogens with one attached hydrogen (secondary N) is 1. The first kappa shape index (κ1) is 19.4. The summed E-state index contributed by atoms with van der Waals surface area (Å²) < 4.78 is 23.6. The van der Waals surface area contributed by atoms with Crippen molar-refractivity contribution in [3.05, 3.63) is 29.8 Å². The number of hydrogen-bond donors (Lipinski definition) is 2. The fraction of sp³-hybridized carbons (Fsp3) is 0.556. The molecule has 1 aromatic carbocycles. The zero-order chi connectivity index (χ0) is 18.5. The molecular weight excluding hydrogens is 342 g/mol. The van der Waals surface area contributed by atoms with Crippen LogP contribution in [0.1, 0.15) is 51.0 Å². The van der Waals surface area contributed by atoms with Crippen LogP contribution in [0.25, 0.3) is 0 Å². The lowest BCUT2D eigenvalue weighted by Gasteiger charge is -2.34. The molecule has 0 heterocycles. The Morgan fingerprint density at radius 3 is 2.24 bits per heavy atom. The van der Waals surface area contributed by atoms with Gasteiger partial charge in [-0.1, -0.05) is 38.3 Å². The third kappa shape index (κ3) is 4.81. The van der Waals surface area contributed by atoms with Crippen molar-refractivity contribution in [3.63, 3.8) is 0 Å². The lowest BCUT2D eigenvalue weighted by atomic mass is 9.81. The molecule has 0 unspecified atom stereocenters. The first-order valence-corrected chi connectivity index (χ1v) is 10.3. The number of carbonyl (C=O) groups is 2. The Labute approximate surface area is 148 Å². The van der Waals surface area contributed by atoms with Gasteiger partial charge in [0, 0.05) is 6.42 Å². The van der Waals surface area contributed by atoms with Crippen LogP contribution in [0.5, 0.6) is 0 Å². The van der Waals surface area contributed by atoms with Crippen molar-refractivity contribution in [2.24, 2.45) is 0 Å². The van der Waals surface area contributed by atoms with Crippen LogP contribution in [0.4, 0.5) is 0 Å². The number of rotatable bonds is 7. The van der Waals surface area contributed by atoms with Gasteiger partial charge in [-0.25, -0.2) is 13.2 Å². The van der Waals surface area contributed by atoms with Gasteiger partial charge in [0.2, 0.25) is 5.91 Å². The van der Waals surface area contributed by atoms with Crippen LogP contribution in [-0.2, 0) is 25.8 Å². The van der Waals surface area contributed by atoms with E-state index in [9.17, 15) is 23.1 Å². The van der Waals surface area contributed by atoms with Crippen molar-refractivity contribution in [3.8, 4) is 0 Å². The van der Waals surface area contributed by atoms with Gasteiger partial charge in [-0.15, -0.1) is 0 Å². The molecule has 0 radical (unpaired) electrons. The highest BCUT2D eigenvalue weighted by Crippen LogP contribution is 2.28. The monoisotopic (exact) mass is 367 g/mol. The molecule has 0 bridgehead atoms. The van der Waals surface area contributed by atoms with Crippen molar-refractivity contribution in [1.29, 1.82) is 0 Å². The zero-order valence-electron chi connectivity index (χ0n) is 14.5. The molecule has 25 heavy (non-hydrogen) atoms. The van der Waals surface area contributed by atoms with Crippen molar-refractivity contribution in [1.82, 2.24) is 5.32 Å². The summed E-state index contributed by atoms with van der Waals surface area (Å²) in [5.74, 6) is -1.20. The number of benzene rings is 1. The molecule has 1 aliphatic carbocycles. The molecule has 1 amide bonds. The van der Waals surface area contributed by atoms with E-state index in [1.165, 1.54) is 0 Å². The number of carboxylic acid groups (broad SMARTS) is 1. The van der Waals surface area contributed by atoms with E-state index in [1.807, 2.05) is 0 Å². The molecule has 6 nitrogen and oxygen atoms in total. The van der Waals surface area contributed by atoms with Crippen LogP contribution in [0, 0.1) is 0 Å². The standard InChI is InChI=1S/C18H25NO5S/c1-2-25(23,24)15-9-6-14(7-10-15)8-11-16(20)19-18(17(21)22)12-4-3-5-13-18/h6-7,9-10H,2-5,8,11-13H2,1H3,(H,19,20)(H,21,22). The summed E-state index contributed by atoms with van der Waals surface area (Å²) in [5, 5.41) is 12.2. The minimum atomic E-state index is -3.23. The number of hydrogen-bond acceptors (Lipinski definition) is 4. The minimum Gasteiger partial charge on any atom is -0.480 e. The van der Waals surface area contributed by atoms with Gasteiger partial charge in [0.25, 0.3) is 0 Å². The maximum absolute atomic E-state index is 12.2. The van der Waals surface area contributed by atoms with Crippen molar-refractivity contribution in [2.75, 3.05) is 5.75 Å². The molecule has 2 rings (SSSR count). The molecule has 1 saturated carbocycles. The second kappa shape index (κ2) is 7.99. The molecule has 0 saturated heterocycles. The second-order valence-corrected chi connectivity index (χ2v) is 8.82. The molecule has 138 valence electrons. The Kier molecular flexibility index (Phi) is 6.21. The summed E-state index contributed by atoms with van der Waals surface area (Å²) in [5.41, 5.74) is -0.285. The quantitative estimate of drug-likeness (QED) is 0.770. The average Bonchev–Trinajstić information content (AvgIpc) is 2.61. The summed E-state index contributed by atoms with van der Waals surface area (Å²) >= 11 is 0. The first-order valence-electron chi connectivity index (χ1n) is 8.65. The predicted molar refractivity (Wildman–Crippen MR) is 94.1 cm³/mol. The van der Waals surface area contributed by atoms with Crippen LogP contribution in [0.2, 0.25) is 0 Å². The lowest BCUT2D eigenvalue weighted by molar-refractivity contribution is -0.149. The van der Waals surface area contributed by atoms with Crippen molar-refractivity contribution >= 4 is 21.7 Å². The summed E-state index contributed by atoms with van der Waals surface area (Å²) in [7, 11) is -3.23. The number of carboxylic acids is 1. The van der Waals surface area contributed by atoms with Crippen LogP contribution in [0.3, 0.4) is 0 Å². The van der Waals surface area contributed by atoms with Crippen LogP contribution in [0.15, 0.2) is 29.2 Å². The predicted octanol–water partition coefficient (Wildman–Crippen LogP) is 2.32. The fourth-order valence-corrected chi connectivity index (χ4v) is 4.05. The van der Waals surface area contributed by atoms with E-state index < -0.39 is 21.3 Å². The van der Waals surface area contributed by atoms with Gasteiger partial charge in [-0.2, -0.15) is 0 Å². The molecule has 0 atom stereocenters. The number of sulfone groups is 1. The third-order valence-electron chi connectivity index (χ3n) is 4.80. The molecule has 7 heteroatoms. The summed E-state index contributed by atoms with van der Waals surface area (Å²) in [6.45, 7) is 1.59. The second-order valence-electron chi connectivity index (χ2n) is 6.54. The maximum atomic E-state index is 12.2. The van der Waals surface area contributed by atoms with Crippen molar-refractivity contribution < 1.29 is 23.1 Å². The molecule has 2 N–H and O–H groups in total. The van der Waals surface area contributed by atoms with Gasteiger partial charge < -0.3 is 10.4 Å². The number of aryl methyl sites for hydroxylation is 1. The Morgan fingerprint density at radius 2 is 1.72 bits per heavy atom. The van der Waals surface area contributed by atoms with E-state index in [-0.39, 0.29) is 23.0 Å². The molecule has 0 spiro atoms. The Balaban J connectivity index is 1.94. The zero-order valence-corrected chi connectivity index (χ0v) is 15.3. The first-order chi connectivity index (χ1) is 11.8. The van der Waals surface area contributed by atoms with Crippen LogP contribution >= 0.6 is 0 Å². The fourth-order valence-electron chi connectivity index (χ4n) is 3.17. The number of aliphatic carboxylic acids is 1. The highest BCUT2D eigenvalue weighted by atomic mass is 32.2. The Bertz CT molecular complexity index is 718. The molecule has 0 aliphatic heterocycles. The highest BCUT2D eigenvalue weighted by Gasteiger charge is 2.40. The van der Waals surface area contributed by atoms with E-state index >= 15 is 0 Å². The van der Waals surface area contributed by atoms with Crippen molar-refractivity contribution in [2.45, 2.75) is 62.3 Å². The maximum Gasteiger partial charge on any atom is 0.329 e. The highest BCUT2D eigenvalue weighted by molar-refractivity contribution is 7.91. The summed E-state index contributed by atoms with van der Waals surface area (Å²) in [6.07, 6.45) is 4.16. The molecule has 0 aromatic heterocycles. The van der Waals surface area contributed by atoms with Crippen LogP contribution in [-0.4, -0.2) is 36.7 Å². The van der Waals surface area contributed by atoms with E-state index in [2.05, 4.69) is 5.32 Å². The van der Waals surface area contributed by atoms with Gasteiger partial charge >= 0.3 is 5.97 Å². The molecule has 1 fully saturated rings. The van der Waals surface area contributed by atoms with Gasteiger partial charge in [0.15, 0.2) is 9.84 Å². The SMILES string of the molecule is CCS(=O)(=O)c1ccc(CCC(=O)NC2(C(=O)O)CCCCC2)cc1. The Hall–Kier alpha value is -1.89. The summed E-state index contributed by atoms with van der Waals surface area (Å²) in [6, 6.07) is 6.49. The van der Waals surface area contributed by atoms with E-state index in [0.29, 0.717) is 19.3 Å². The van der Waals surface area contributed by atoms with Gasteiger partial charge in [0.1, 0.15) is 5.54 Å². The molecular formula is C18H25NO5S. The van der Waals surface area contributed by atoms with E-state index in [1.54, 1.807) is 31.2 Å². The number of amides is 1. The smallest absolute Gasteiger partial charge is 0.329 e. The topological polar surface area (TPSA) is 101 Å². The largest absolute Gasteiger partial charge is 0.480 e. The molecule has 1 aliphatic rings. The Morgan fingerprint density at radius 1 is 1.12 bits per heavy atom. The van der Waals surface area contributed by atoms with Gasteiger partial charge in [0.05, 0.1) is 10.6 Å². The third-order valence-corrected chi connectivity index (χ3v) is 6.55. The minimum absolute atomic E-state index is 0.0476. The van der Waals surface area contributed by atoms with Crippen LogP contribution < -0.4 is 5.32 Å². The summed E-state index contributed by atoms with van der Waals surface area (Å²) in [4.78, 5) is 24.0. The van der Waals surface area contributed by atoms with E-state index in [4.69, 9.17) is 0 Å². The van der Waals surface area contributed by atoms with Gasteiger partial charge in [-0.3, -0.25) is 4.79 Å². The molecule has 1 aromatic rings. The number of carbonyl (C=O) groups excluding carboxylic acids is 1. The lowest BCUT2D eigenvalue weighted by Crippen LogP contribution is -2.55.